The van der Waals surface area contributed by atoms with Gasteiger partial charge in [0.05, 0.1) is 12.9 Å². The number of benzene rings is 1. The average molecular weight is 457 g/mol. The summed E-state index contributed by atoms with van der Waals surface area (Å²) < 4.78 is 0. The van der Waals surface area contributed by atoms with Gasteiger partial charge in [-0.25, -0.2) is 19.9 Å². The van der Waals surface area contributed by atoms with Crippen molar-refractivity contribution in [1.82, 2.24) is 29.8 Å². The van der Waals surface area contributed by atoms with Crippen LogP contribution in [0.3, 0.4) is 0 Å². The Bertz CT molecular complexity index is 1290. The largest absolute Gasteiger partial charge is 0.339 e. The molecule has 0 aliphatic carbocycles. The lowest BCUT2D eigenvalue weighted by atomic mass is 10.1. The van der Waals surface area contributed by atoms with Crippen LogP contribution in [0.2, 0.25) is 0 Å². The number of hydrogen-bond acceptors (Lipinski definition) is 7. The van der Waals surface area contributed by atoms with E-state index >= 15 is 0 Å². The minimum Gasteiger partial charge on any atom is -0.339 e. The minimum atomic E-state index is 0.0112. The Hall–Kier alpha value is -3.85. The fourth-order valence-electron chi connectivity index (χ4n) is 4.32. The first-order valence-corrected chi connectivity index (χ1v) is 11.7. The van der Waals surface area contributed by atoms with Gasteiger partial charge in [-0.05, 0) is 62.7 Å². The van der Waals surface area contributed by atoms with E-state index in [4.69, 9.17) is 0 Å². The Kier molecular flexibility index (Phi) is 6.44. The maximum Gasteiger partial charge on any atom is 0.238 e. The smallest absolute Gasteiger partial charge is 0.238 e. The fourth-order valence-corrected chi connectivity index (χ4v) is 4.32. The number of aromatic amines is 1. The van der Waals surface area contributed by atoms with Crippen molar-refractivity contribution in [2.45, 2.75) is 32.6 Å². The molecule has 5 rings (SSSR count). The molecule has 1 aliphatic heterocycles. The maximum absolute atomic E-state index is 12.7. The number of hydrogen-bond donors (Lipinski definition) is 3. The third-order valence-electron chi connectivity index (χ3n) is 6.12. The zero-order chi connectivity index (χ0) is 23.3. The highest BCUT2D eigenvalue weighted by Gasteiger charge is 2.16. The van der Waals surface area contributed by atoms with Crippen molar-refractivity contribution >= 4 is 34.3 Å². The van der Waals surface area contributed by atoms with Crippen LogP contribution < -0.4 is 10.6 Å². The highest BCUT2D eigenvalue weighted by molar-refractivity contribution is 5.94. The predicted octanol–water partition coefficient (Wildman–Crippen LogP) is 4.28. The van der Waals surface area contributed by atoms with E-state index in [9.17, 15) is 4.79 Å². The second-order valence-corrected chi connectivity index (χ2v) is 8.61. The number of imidazole rings is 1. The van der Waals surface area contributed by atoms with E-state index in [1.165, 1.54) is 19.2 Å². The van der Waals surface area contributed by atoms with Crippen molar-refractivity contribution in [2.75, 3.05) is 30.3 Å². The Morgan fingerprint density at radius 3 is 2.76 bits per heavy atom. The molecule has 1 aromatic carbocycles. The van der Waals surface area contributed by atoms with Gasteiger partial charge in [-0.1, -0.05) is 18.9 Å². The predicted molar refractivity (Wildman–Crippen MR) is 133 cm³/mol. The van der Waals surface area contributed by atoms with Crippen LogP contribution in [0, 0.1) is 6.92 Å². The van der Waals surface area contributed by atoms with Crippen LogP contribution >= 0.6 is 0 Å². The first-order valence-electron chi connectivity index (χ1n) is 11.7. The molecule has 1 saturated heterocycles. The zero-order valence-electron chi connectivity index (χ0n) is 19.2. The van der Waals surface area contributed by atoms with Gasteiger partial charge in [0.2, 0.25) is 5.91 Å². The third-order valence-corrected chi connectivity index (χ3v) is 6.12. The summed E-state index contributed by atoms with van der Waals surface area (Å²) in [5.74, 6) is 0.666. The second kappa shape index (κ2) is 9.96. The number of aryl methyl sites for hydroxylation is 1. The van der Waals surface area contributed by atoms with Gasteiger partial charge in [0.1, 0.15) is 23.4 Å². The van der Waals surface area contributed by atoms with Crippen molar-refractivity contribution < 1.29 is 4.79 Å². The fraction of sp³-hybridized carbons (Fsp3) is 0.320. The van der Waals surface area contributed by atoms with Crippen molar-refractivity contribution in [3.8, 4) is 11.3 Å². The van der Waals surface area contributed by atoms with Crippen LogP contribution in [0.25, 0.3) is 22.4 Å². The van der Waals surface area contributed by atoms with E-state index in [0.29, 0.717) is 29.2 Å². The van der Waals surface area contributed by atoms with Gasteiger partial charge >= 0.3 is 0 Å². The summed E-state index contributed by atoms with van der Waals surface area (Å²) in [7, 11) is 0. The van der Waals surface area contributed by atoms with Gasteiger partial charge < -0.3 is 15.6 Å². The van der Waals surface area contributed by atoms with Gasteiger partial charge in [-0.2, -0.15) is 0 Å². The number of fused-ring (bicyclic) bond motifs is 1. The number of rotatable bonds is 6. The maximum atomic E-state index is 12.7. The standard InChI is InChI=1S/C25H28N8O/c1-17-8-9-18(31-21(34)14-33-11-4-2-3-5-12-33)13-20(17)32-24-19(7-6-10-26-24)22-23-25(29-15-27-22)30-16-28-23/h6-10,13,15-16H,2-5,11-12,14H2,1H3,(H,26,32)(H,31,34)(H,27,28,29,30). The molecule has 9 nitrogen and oxygen atoms in total. The molecule has 0 spiro atoms. The lowest BCUT2D eigenvalue weighted by molar-refractivity contribution is -0.117. The van der Waals surface area contributed by atoms with Crippen molar-refractivity contribution in [3.63, 3.8) is 0 Å². The summed E-state index contributed by atoms with van der Waals surface area (Å²) in [6.45, 7) is 4.42. The summed E-state index contributed by atoms with van der Waals surface area (Å²) >= 11 is 0. The molecule has 0 bridgehead atoms. The molecule has 1 amide bonds. The zero-order valence-corrected chi connectivity index (χ0v) is 19.2. The van der Waals surface area contributed by atoms with Crippen LogP contribution in [0.15, 0.2) is 49.2 Å². The number of carbonyl (C=O) groups is 1. The summed E-state index contributed by atoms with van der Waals surface area (Å²) in [4.78, 5) is 35.6. The molecule has 4 heterocycles. The molecule has 4 aromatic rings. The number of nitrogens with one attached hydrogen (secondary N) is 3. The molecule has 1 aliphatic rings. The number of anilines is 3. The van der Waals surface area contributed by atoms with E-state index in [0.717, 1.165) is 48.4 Å². The van der Waals surface area contributed by atoms with Crippen molar-refractivity contribution in [1.29, 1.82) is 0 Å². The van der Waals surface area contributed by atoms with Crippen LogP contribution in [0.4, 0.5) is 17.2 Å². The van der Waals surface area contributed by atoms with Crippen LogP contribution in [0.5, 0.6) is 0 Å². The molecular weight excluding hydrogens is 428 g/mol. The molecule has 0 atom stereocenters. The third kappa shape index (κ3) is 4.89. The number of H-pyrrole nitrogens is 1. The molecule has 34 heavy (non-hydrogen) atoms. The Morgan fingerprint density at radius 1 is 1.06 bits per heavy atom. The summed E-state index contributed by atoms with van der Waals surface area (Å²) in [6.07, 6.45) is 9.68. The number of carbonyl (C=O) groups excluding carboxylic acids is 1. The lowest BCUT2D eigenvalue weighted by Crippen LogP contribution is -2.33. The molecule has 0 unspecified atom stereocenters. The van der Waals surface area contributed by atoms with Gasteiger partial charge in [-0.15, -0.1) is 0 Å². The van der Waals surface area contributed by atoms with E-state index in [-0.39, 0.29) is 5.91 Å². The van der Waals surface area contributed by atoms with Gasteiger partial charge in [0.25, 0.3) is 0 Å². The Labute approximate surface area is 198 Å². The molecule has 3 aromatic heterocycles. The summed E-state index contributed by atoms with van der Waals surface area (Å²) in [5, 5.41) is 6.48. The number of nitrogens with zero attached hydrogens (tertiary/aromatic N) is 5. The van der Waals surface area contributed by atoms with Gasteiger partial charge in [0.15, 0.2) is 5.65 Å². The van der Waals surface area contributed by atoms with Gasteiger partial charge in [0, 0.05) is 23.1 Å². The summed E-state index contributed by atoms with van der Waals surface area (Å²) in [6, 6.07) is 9.68. The average Bonchev–Trinajstić information content (AvgIpc) is 3.19. The second-order valence-electron chi connectivity index (χ2n) is 8.61. The van der Waals surface area contributed by atoms with Crippen LogP contribution in [-0.4, -0.2) is 55.4 Å². The highest BCUT2D eigenvalue weighted by atomic mass is 16.2. The number of amides is 1. The normalized spacial score (nSPS) is 14.6. The molecule has 1 fully saturated rings. The Balaban J connectivity index is 1.36. The minimum absolute atomic E-state index is 0.0112. The van der Waals surface area contributed by atoms with Crippen LogP contribution in [0.1, 0.15) is 31.2 Å². The van der Waals surface area contributed by atoms with E-state index in [1.807, 2.05) is 37.3 Å². The number of aromatic nitrogens is 5. The van der Waals surface area contributed by atoms with Crippen molar-refractivity contribution in [3.05, 3.63) is 54.7 Å². The molecule has 0 radical (unpaired) electrons. The quantitative estimate of drug-likeness (QED) is 0.397. The lowest BCUT2D eigenvalue weighted by Gasteiger charge is -2.19. The van der Waals surface area contributed by atoms with Gasteiger partial charge in [-0.3, -0.25) is 9.69 Å². The molecule has 9 heteroatoms. The first kappa shape index (κ1) is 22.0. The van der Waals surface area contributed by atoms with E-state index in [2.05, 4.69) is 40.5 Å². The molecule has 174 valence electrons. The topological polar surface area (TPSA) is 112 Å². The first-order chi connectivity index (χ1) is 16.7. The van der Waals surface area contributed by atoms with Crippen LogP contribution in [-0.2, 0) is 4.79 Å². The SMILES string of the molecule is Cc1ccc(NC(=O)CN2CCCCCC2)cc1Nc1ncccc1-c1ncnc2[nH]cnc12. The monoisotopic (exact) mass is 456 g/mol. The number of likely N-dealkylation sites (tertiary alicyclic amines) is 1. The number of pyridine rings is 1. The van der Waals surface area contributed by atoms with Crippen molar-refractivity contribution in [2.24, 2.45) is 0 Å². The van der Waals surface area contributed by atoms with E-state index < -0.39 is 0 Å². The molecular formula is C25H28N8O. The molecule has 3 N–H and O–H groups in total. The highest BCUT2D eigenvalue weighted by Crippen LogP contribution is 2.32. The Morgan fingerprint density at radius 2 is 1.91 bits per heavy atom. The van der Waals surface area contributed by atoms with E-state index in [1.54, 1.807) is 12.5 Å². The summed E-state index contributed by atoms with van der Waals surface area (Å²) in [5.41, 5.74) is 5.52. The molecule has 0 saturated carbocycles.